The van der Waals surface area contributed by atoms with Gasteiger partial charge in [-0.05, 0) is 18.9 Å². The second kappa shape index (κ2) is 9.05. The molecule has 1 aromatic carbocycles. The Kier molecular flexibility index (Phi) is 7.68. The highest BCUT2D eigenvalue weighted by molar-refractivity contribution is 5.16. The Labute approximate surface area is 117 Å². The molecule has 0 bridgehead atoms. The lowest BCUT2D eigenvalue weighted by atomic mass is 10.2. The SMILES string of the molecule is CCCCN(C)N(CCCC)Cc1ccccc1F. The standard InChI is InChI=1S/C16H27FN2/c1-4-6-12-18(3)19(13-7-5-2)14-15-10-8-9-11-16(15)17/h8-11H,4-7,12-14H2,1-3H3. The average molecular weight is 266 g/mol. The van der Waals surface area contributed by atoms with E-state index in [0.29, 0.717) is 6.54 Å². The summed E-state index contributed by atoms with van der Waals surface area (Å²) in [6, 6.07) is 7.07. The van der Waals surface area contributed by atoms with Crippen LogP contribution >= 0.6 is 0 Å². The van der Waals surface area contributed by atoms with E-state index in [9.17, 15) is 4.39 Å². The van der Waals surface area contributed by atoms with Crippen molar-refractivity contribution in [3.8, 4) is 0 Å². The molecule has 0 heterocycles. The number of halogens is 1. The quantitative estimate of drug-likeness (QED) is 0.622. The van der Waals surface area contributed by atoms with Crippen molar-refractivity contribution in [3.05, 3.63) is 35.6 Å². The molecule has 0 saturated carbocycles. The Morgan fingerprint density at radius 2 is 1.63 bits per heavy atom. The number of hydrogen-bond acceptors (Lipinski definition) is 2. The highest BCUT2D eigenvalue weighted by Gasteiger charge is 2.13. The summed E-state index contributed by atoms with van der Waals surface area (Å²) in [5.74, 6) is -0.104. The van der Waals surface area contributed by atoms with Gasteiger partial charge in [0.05, 0.1) is 0 Å². The summed E-state index contributed by atoms with van der Waals surface area (Å²) >= 11 is 0. The van der Waals surface area contributed by atoms with Gasteiger partial charge in [-0.15, -0.1) is 0 Å². The third-order valence-corrected chi connectivity index (χ3v) is 3.40. The van der Waals surface area contributed by atoms with E-state index in [1.54, 1.807) is 12.1 Å². The summed E-state index contributed by atoms with van der Waals surface area (Å²) in [6.45, 7) is 7.07. The van der Waals surface area contributed by atoms with Crippen LogP contribution in [-0.2, 0) is 6.54 Å². The highest BCUT2D eigenvalue weighted by atomic mass is 19.1. The number of unbranched alkanes of at least 4 members (excludes halogenated alkanes) is 2. The van der Waals surface area contributed by atoms with Crippen LogP contribution in [0.1, 0.15) is 45.1 Å². The van der Waals surface area contributed by atoms with Crippen LogP contribution < -0.4 is 0 Å². The van der Waals surface area contributed by atoms with Gasteiger partial charge in [0.15, 0.2) is 0 Å². The fourth-order valence-electron chi connectivity index (χ4n) is 2.06. The second-order valence-electron chi connectivity index (χ2n) is 5.07. The molecular formula is C16H27FN2. The van der Waals surface area contributed by atoms with Gasteiger partial charge in [-0.1, -0.05) is 44.9 Å². The lowest BCUT2D eigenvalue weighted by molar-refractivity contribution is -0.0118. The summed E-state index contributed by atoms with van der Waals surface area (Å²) in [5.41, 5.74) is 0.780. The van der Waals surface area contributed by atoms with Crippen LogP contribution in [0, 0.1) is 5.82 Å². The van der Waals surface area contributed by atoms with Gasteiger partial charge in [-0.2, -0.15) is 0 Å². The molecule has 1 rings (SSSR count). The smallest absolute Gasteiger partial charge is 0.127 e. The molecule has 0 aromatic heterocycles. The minimum absolute atomic E-state index is 0.104. The molecule has 3 heteroatoms. The fraction of sp³-hybridized carbons (Fsp3) is 0.625. The van der Waals surface area contributed by atoms with Crippen LogP contribution in [0.2, 0.25) is 0 Å². The van der Waals surface area contributed by atoms with Crippen molar-refractivity contribution < 1.29 is 4.39 Å². The molecule has 108 valence electrons. The molecule has 0 aliphatic rings. The number of hydrazine groups is 1. The minimum atomic E-state index is -0.104. The maximum Gasteiger partial charge on any atom is 0.127 e. The summed E-state index contributed by atoms with van der Waals surface area (Å²) in [7, 11) is 2.10. The maximum atomic E-state index is 13.7. The van der Waals surface area contributed by atoms with Crippen LogP contribution in [0.5, 0.6) is 0 Å². The van der Waals surface area contributed by atoms with Crippen molar-refractivity contribution in [3.63, 3.8) is 0 Å². The lowest BCUT2D eigenvalue weighted by Crippen LogP contribution is -2.40. The van der Waals surface area contributed by atoms with Crippen molar-refractivity contribution in [2.45, 2.75) is 46.1 Å². The molecule has 0 atom stereocenters. The van der Waals surface area contributed by atoms with E-state index in [4.69, 9.17) is 0 Å². The first-order chi connectivity index (χ1) is 9.19. The molecular weight excluding hydrogens is 239 g/mol. The molecule has 0 unspecified atom stereocenters. The van der Waals surface area contributed by atoms with Crippen molar-refractivity contribution in [2.75, 3.05) is 20.1 Å². The van der Waals surface area contributed by atoms with E-state index in [-0.39, 0.29) is 5.82 Å². The van der Waals surface area contributed by atoms with Gasteiger partial charge in [0.2, 0.25) is 0 Å². The Bertz CT molecular complexity index is 354. The highest BCUT2D eigenvalue weighted by Crippen LogP contribution is 2.12. The number of benzene rings is 1. The van der Waals surface area contributed by atoms with Gasteiger partial charge in [0.25, 0.3) is 0 Å². The summed E-state index contributed by atoms with van der Waals surface area (Å²) in [4.78, 5) is 0. The van der Waals surface area contributed by atoms with E-state index >= 15 is 0 Å². The molecule has 0 amide bonds. The van der Waals surface area contributed by atoms with Crippen LogP contribution in [0.3, 0.4) is 0 Å². The minimum Gasteiger partial charge on any atom is -0.245 e. The van der Waals surface area contributed by atoms with E-state index in [1.165, 1.54) is 12.8 Å². The maximum absolute atomic E-state index is 13.7. The van der Waals surface area contributed by atoms with E-state index in [1.807, 2.05) is 12.1 Å². The number of hydrogen-bond donors (Lipinski definition) is 0. The van der Waals surface area contributed by atoms with E-state index in [2.05, 4.69) is 30.9 Å². The molecule has 0 spiro atoms. The first-order valence-corrected chi connectivity index (χ1v) is 7.38. The largest absolute Gasteiger partial charge is 0.245 e. The molecule has 0 N–H and O–H groups in total. The molecule has 0 radical (unpaired) electrons. The molecule has 0 fully saturated rings. The predicted molar refractivity (Wildman–Crippen MR) is 79.3 cm³/mol. The molecule has 2 nitrogen and oxygen atoms in total. The number of nitrogens with zero attached hydrogens (tertiary/aromatic N) is 2. The van der Waals surface area contributed by atoms with Crippen LogP contribution in [-0.4, -0.2) is 30.2 Å². The Balaban J connectivity index is 2.65. The second-order valence-corrected chi connectivity index (χ2v) is 5.07. The van der Waals surface area contributed by atoms with Crippen molar-refractivity contribution in [1.82, 2.24) is 10.0 Å². The lowest BCUT2D eigenvalue weighted by Gasteiger charge is -2.32. The summed E-state index contributed by atoms with van der Waals surface area (Å²) < 4.78 is 13.7. The normalized spacial score (nSPS) is 11.5. The Hall–Kier alpha value is -0.930. The zero-order valence-electron chi connectivity index (χ0n) is 12.5. The number of rotatable bonds is 9. The predicted octanol–water partition coefficient (Wildman–Crippen LogP) is 4.07. The van der Waals surface area contributed by atoms with Gasteiger partial charge in [0, 0.05) is 32.2 Å². The van der Waals surface area contributed by atoms with Crippen LogP contribution in [0.15, 0.2) is 24.3 Å². The third kappa shape index (κ3) is 5.70. The van der Waals surface area contributed by atoms with Gasteiger partial charge in [-0.3, -0.25) is 0 Å². The molecule has 19 heavy (non-hydrogen) atoms. The summed E-state index contributed by atoms with van der Waals surface area (Å²) in [5, 5.41) is 4.50. The zero-order chi connectivity index (χ0) is 14.1. The molecule has 0 aliphatic carbocycles. The van der Waals surface area contributed by atoms with Crippen LogP contribution in [0.4, 0.5) is 4.39 Å². The van der Waals surface area contributed by atoms with Gasteiger partial charge >= 0.3 is 0 Å². The molecule has 0 saturated heterocycles. The van der Waals surface area contributed by atoms with Crippen LogP contribution in [0.25, 0.3) is 0 Å². The first kappa shape index (κ1) is 16.1. The summed E-state index contributed by atoms with van der Waals surface area (Å²) in [6.07, 6.45) is 4.67. The van der Waals surface area contributed by atoms with E-state index in [0.717, 1.165) is 31.5 Å². The Morgan fingerprint density at radius 1 is 1.00 bits per heavy atom. The third-order valence-electron chi connectivity index (χ3n) is 3.40. The van der Waals surface area contributed by atoms with Gasteiger partial charge < -0.3 is 0 Å². The van der Waals surface area contributed by atoms with Gasteiger partial charge in [-0.25, -0.2) is 14.4 Å². The zero-order valence-corrected chi connectivity index (χ0v) is 12.5. The Morgan fingerprint density at radius 3 is 2.26 bits per heavy atom. The van der Waals surface area contributed by atoms with Crippen molar-refractivity contribution in [2.24, 2.45) is 0 Å². The topological polar surface area (TPSA) is 6.48 Å². The molecule has 1 aromatic rings. The van der Waals surface area contributed by atoms with Gasteiger partial charge in [0.1, 0.15) is 5.82 Å². The monoisotopic (exact) mass is 266 g/mol. The van der Waals surface area contributed by atoms with Crippen molar-refractivity contribution in [1.29, 1.82) is 0 Å². The fourth-order valence-corrected chi connectivity index (χ4v) is 2.06. The van der Waals surface area contributed by atoms with Crippen molar-refractivity contribution >= 4 is 0 Å². The first-order valence-electron chi connectivity index (χ1n) is 7.38. The molecule has 0 aliphatic heterocycles. The average Bonchev–Trinajstić information content (AvgIpc) is 2.42. The van der Waals surface area contributed by atoms with E-state index < -0.39 is 0 Å².